The van der Waals surface area contributed by atoms with Crippen LogP contribution >= 0.6 is 0 Å². The summed E-state index contributed by atoms with van der Waals surface area (Å²) < 4.78 is 10.1. The predicted molar refractivity (Wildman–Crippen MR) is 78.0 cm³/mol. The lowest BCUT2D eigenvalue weighted by atomic mass is 10.2. The van der Waals surface area contributed by atoms with Crippen LogP contribution in [-0.4, -0.2) is 25.6 Å². The van der Waals surface area contributed by atoms with Crippen molar-refractivity contribution in [1.29, 1.82) is 0 Å². The van der Waals surface area contributed by atoms with Gasteiger partial charge in [-0.15, -0.1) is 0 Å². The molecule has 0 saturated carbocycles. The fourth-order valence-electron chi connectivity index (χ4n) is 1.60. The molecule has 1 aliphatic rings. The van der Waals surface area contributed by atoms with Gasteiger partial charge < -0.3 is 4.74 Å². The van der Waals surface area contributed by atoms with E-state index in [1.54, 1.807) is 12.4 Å². The standard InChI is InChI=1S/C14H18N2OS/c1-3-8-16-18(2)13-6-4-12(5-7-13)14-11-15-9-10-17-14/h4-7,9,11H,3,8,10H2,1-2H3. The van der Waals surface area contributed by atoms with Crippen LogP contribution in [0.2, 0.25) is 0 Å². The second kappa shape index (κ2) is 6.50. The average molecular weight is 262 g/mol. The third-order valence-electron chi connectivity index (χ3n) is 2.60. The molecule has 0 radical (unpaired) electrons. The third-order valence-corrected chi connectivity index (χ3v) is 4.12. The molecule has 96 valence electrons. The van der Waals surface area contributed by atoms with Gasteiger partial charge in [-0.3, -0.25) is 9.36 Å². The Morgan fingerprint density at radius 2 is 2.11 bits per heavy atom. The molecular weight excluding hydrogens is 244 g/mol. The van der Waals surface area contributed by atoms with Gasteiger partial charge in [0, 0.05) is 23.2 Å². The van der Waals surface area contributed by atoms with E-state index in [9.17, 15) is 0 Å². The van der Waals surface area contributed by atoms with E-state index in [0.717, 1.165) is 24.3 Å². The lowest BCUT2D eigenvalue weighted by Gasteiger charge is -2.11. The van der Waals surface area contributed by atoms with Gasteiger partial charge in [-0.25, -0.2) is 0 Å². The van der Waals surface area contributed by atoms with Crippen LogP contribution in [0.5, 0.6) is 0 Å². The first-order valence-electron chi connectivity index (χ1n) is 6.10. The molecule has 1 aliphatic heterocycles. The van der Waals surface area contributed by atoms with Crippen molar-refractivity contribution in [3.05, 3.63) is 36.0 Å². The van der Waals surface area contributed by atoms with Crippen LogP contribution in [0.25, 0.3) is 5.76 Å². The molecule has 1 atom stereocenters. The quantitative estimate of drug-likeness (QED) is 0.819. The number of benzene rings is 1. The second-order valence-electron chi connectivity index (χ2n) is 3.99. The molecule has 0 aromatic heterocycles. The van der Waals surface area contributed by atoms with Crippen molar-refractivity contribution in [1.82, 2.24) is 0 Å². The summed E-state index contributed by atoms with van der Waals surface area (Å²) >= 11 is 0. The number of rotatable bonds is 4. The second-order valence-corrected chi connectivity index (χ2v) is 5.68. The molecule has 3 nitrogen and oxygen atoms in total. The van der Waals surface area contributed by atoms with Crippen molar-refractivity contribution in [2.45, 2.75) is 18.2 Å². The van der Waals surface area contributed by atoms with Gasteiger partial charge in [-0.1, -0.05) is 29.7 Å². The van der Waals surface area contributed by atoms with E-state index in [0.29, 0.717) is 6.61 Å². The summed E-state index contributed by atoms with van der Waals surface area (Å²) in [6.07, 6.45) is 6.77. The van der Waals surface area contributed by atoms with E-state index >= 15 is 0 Å². The number of hydrogen-bond donors (Lipinski definition) is 0. The largest absolute Gasteiger partial charge is 0.486 e. The maximum absolute atomic E-state index is 5.52. The molecule has 0 fully saturated rings. The third kappa shape index (κ3) is 3.29. The highest BCUT2D eigenvalue weighted by atomic mass is 32.2. The van der Waals surface area contributed by atoms with Gasteiger partial charge in [0.1, 0.15) is 12.4 Å². The van der Waals surface area contributed by atoms with Crippen molar-refractivity contribution in [3.63, 3.8) is 0 Å². The molecule has 1 heterocycles. The van der Waals surface area contributed by atoms with Gasteiger partial charge in [-0.2, -0.15) is 0 Å². The summed E-state index contributed by atoms with van der Waals surface area (Å²) in [7, 11) is -0.0114. The molecule has 0 bridgehead atoms. The minimum atomic E-state index is -0.0114. The van der Waals surface area contributed by atoms with Crippen molar-refractivity contribution < 1.29 is 4.74 Å². The lowest BCUT2D eigenvalue weighted by Crippen LogP contribution is -2.00. The van der Waals surface area contributed by atoms with Gasteiger partial charge in [0.15, 0.2) is 0 Å². The number of nitrogens with zero attached hydrogens (tertiary/aromatic N) is 2. The van der Waals surface area contributed by atoms with E-state index in [1.807, 2.05) is 0 Å². The fraction of sp³-hybridized carbons (Fsp3) is 0.357. The zero-order valence-corrected chi connectivity index (χ0v) is 11.6. The topological polar surface area (TPSA) is 34.0 Å². The lowest BCUT2D eigenvalue weighted by molar-refractivity contribution is 0.332. The zero-order chi connectivity index (χ0) is 12.8. The van der Waals surface area contributed by atoms with Crippen LogP contribution in [-0.2, 0) is 15.4 Å². The SMILES string of the molecule is CCCN=S(C)c1ccc(C2=CN=CCO2)cc1. The summed E-state index contributed by atoms with van der Waals surface area (Å²) in [6, 6.07) is 8.40. The Balaban J connectivity index is 2.15. The fourth-order valence-corrected chi connectivity index (χ4v) is 2.74. The van der Waals surface area contributed by atoms with E-state index in [-0.39, 0.29) is 10.7 Å². The van der Waals surface area contributed by atoms with Gasteiger partial charge in [0.05, 0.1) is 6.20 Å². The number of ether oxygens (including phenoxy) is 1. The molecule has 1 aromatic rings. The van der Waals surface area contributed by atoms with Gasteiger partial charge in [0.2, 0.25) is 0 Å². The highest BCUT2D eigenvalue weighted by molar-refractivity contribution is 7.86. The van der Waals surface area contributed by atoms with E-state index < -0.39 is 0 Å². The molecule has 1 unspecified atom stereocenters. The van der Waals surface area contributed by atoms with Crippen molar-refractivity contribution in [2.24, 2.45) is 9.36 Å². The van der Waals surface area contributed by atoms with Crippen LogP contribution in [0.3, 0.4) is 0 Å². The van der Waals surface area contributed by atoms with Gasteiger partial charge >= 0.3 is 0 Å². The maximum Gasteiger partial charge on any atom is 0.145 e. The van der Waals surface area contributed by atoms with E-state index in [1.165, 1.54) is 4.90 Å². The Kier molecular flexibility index (Phi) is 4.70. The molecule has 0 N–H and O–H groups in total. The summed E-state index contributed by atoms with van der Waals surface area (Å²) in [6.45, 7) is 3.64. The molecule has 0 aliphatic carbocycles. The molecule has 0 amide bonds. The smallest absolute Gasteiger partial charge is 0.145 e. The highest BCUT2D eigenvalue weighted by Crippen LogP contribution is 2.19. The first-order chi connectivity index (χ1) is 8.81. The molecule has 2 rings (SSSR count). The summed E-state index contributed by atoms with van der Waals surface area (Å²) in [5.41, 5.74) is 1.07. The minimum Gasteiger partial charge on any atom is -0.486 e. The molecule has 4 heteroatoms. The van der Waals surface area contributed by atoms with Crippen molar-refractivity contribution >= 4 is 22.7 Å². The van der Waals surface area contributed by atoms with E-state index in [4.69, 9.17) is 4.74 Å². The van der Waals surface area contributed by atoms with Crippen LogP contribution in [0.4, 0.5) is 0 Å². The molecular formula is C14H18N2OS. The molecule has 1 aromatic carbocycles. The molecule has 0 spiro atoms. The number of hydrogen-bond acceptors (Lipinski definition) is 3. The normalized spacial score (nSPS) is 16.2. The van der Waals surface area contributed by atoms with Crippen LogP contribution in [0.1, 0.15) is 18.9 Å². The summed E-state index contributed by atoms with van der Waals surface area (Å²) in [5, 5.41) is 0. The van der Waals surface area contributed by atoms with Crippen LogP contribution in [0, 0.1) is 0 Å². The Bertz CT molecular complexity index is 489. The van der Waals surface area contributed by atoms with Crippen LogP contribution < -0.4 is 0 Å². The van der Waals surface area contributed by atoms with Crippen molar-refractivity contribution in [2.75, 3.05) is 19.4 Å². The first-order valence-corrected chi connectivity index (χ1v) is 7.69. The number of aliphatic imine (C=N–C) groups is 1. The summed E-state index contributed by atoms with van der Waals surface area (Å²) in [5.74, 6) is 0.838. The highest BCUT2D eigenvalue weighted by Gasteiger charge is 2.05. The predicted octanol–water partition coefficient (Wildman–Crippen LogP) is 3.29. The summed E-state index contributed by atoms with van der Waals surface area (Å²) in [4.78, 5) is 5.37. The Labute approximate surface area is 111 Å². The Morgan fingerprint density at radius 3 is 2.72 bits per heavy atom. The van der Waals surface area contributed by atoms with Gasteiger partial charge in [0.25, 0.3) is 0 Å². The molecule has 0 saturated heterocycles. The average Bonchev–Trinajstić information content (AvgIpc) is 2.46. The Morgan fingerprint density at radius 1 is 1.33 bits per heavy atom. The van der Waals surface area contributed by atoms with E-state index in [2.05, 4.69) is 46.8 Å². The Hall–Kier alpha value is -1.42. The maximum atomic E-state index is 5.52. The molecule has 18 heavy (non-hydrogen) atoms. The zero-order valence-electron chi connectivity index (χ0n) is 10.8. The van der Waals surface area contributed by atoms with Crippen molar-refractivity contribution in [3.8, 4) is 0 Å². The van der Waals surface area contributed by atoms with Gasteiger partial charge in [-0.05, 0) is 24.8 Å². The monoisotopic (exact) mass is 262 g/mol. The first kappa shape index (κ1) is 13.0. The van der Waals surface area contributed by atoms with Crippen LogP contribution in [0.15, 0.2) is 44.7 Å². The minimum absolute atomic E-state index is 0.0114.